The molecule has 0 aliphatic heterocycles. The summed E-state index contributed by atoms with van der Waals surface area (Å²) >= 11 is 0. The maximum atomic E-state index is 2.29. The molecule has 116 valence electrons. The van der Waals surface area contributed by atoms with Crippen LogP contribution in [0.5, 0.6) is 0 Å². The van der Waals surface area contributed by atoms with E-state index in [0.717, 1.165) is 0 Å². The first-order valence-electron chi connectivity index (χ1n) is 8.02. The molecule has 0 aliphatic rings. The van der Waals surface area contributed by atoms with Gasteiger partial charge in [0, 0.05) is 36.8 Å². The first-order chi connectivity index (χ1) is 11.0. The molecule has 2 aromatic heterocycles. The highest BCUT2D eigenvalue weighted by molar-refractivity contribution is 5.64. The van der Waals surface area contributed by atoms with Gasteiger partial charge in [0.1, 0.15) is 14.1 Å². The zero-order valence-electron chi connectivity index (χ0n) is 14.6. The number of nitrogens with zero attached hydrogens (tertiary/aromatic N) is 2. The predicted octanol–water partition coefficient (Wildman–Crippen LogP) is 3.59. The molecule has 2 heterocycles. The molecule has 0 saturated carbocycles. The van der Waals surface area contributed by atoms with E-state index in [1.165, 1.54) is 39.5 Å². The third kappa shape index (κ3) is 2.65. The standard InChI is InChI=1S/C21H24N2/c1-15-9-6-11-18(17(15)3)19-12-8-14-21(23(19)5)20-13-7-10-16(2)22(20)4/h6-14H,1-5H3/q+2. The summed E-state index contributed by atoms with van der Waals surface area (Å²) in [5.74, 6) is 0. The maximum absolute atomic E-state index is 2.29. The Balaban J connectivity index is 2.24. The van der Waals surface area contributed by atoms with E-state index in [1.54, 1.807) is 0 Å². The molecule has 0 amide bonds. The average molecular weight is 304 g/mol. The lowest BCUT2D eigenvalue weighted by Crippen LogP contribution is -2.41. The molecular formula is C21H24N2+2. The number of hydrogen-bond acceptors (Lipinski definition) is 0. The maximum Gasteiger partial charge on any atom is 0.277 e. The zero-order valence-corrected chi connectivity index (χ0v) is 14.6. The highest BCUT2D eigenvalue weighted by Crippen LogP contribution is 2.24. The molecule has 0 aliphatic carbocycles. The Hall–Kier alpha value is -2.48. The molecule has 0 N–H and O–H groups in total. The molecule has 0 unspecified atom stereocenters. The van der Waals surface area contributed by atoms with Crippen molar-refractivity contribution >= 4 is 0 Å². The van der Waals surface area contributed by atoms with Crippen LogP contribution in [-0.2, 0) is 14.1 Å². The Morgan fingerprint density at radius 1 is 0.609 bits per heavy atom. The van der Waals surface area contributed by atoms with Crippen LogP contribution in [0.15, 0.2) is 54.6 Å². The van der Waals surface area contributed by atoms with Gasteiger partial charge in [-0.05, 0) is 43.2 Å². The van der Waals surface area contributed by atoms with Gasteiger partial charge in [-0.3, -0.25) is 0 Å². The van der Waals surface area contributed by atoms with Crippen LogP contribution in [0.3, 0.4) is 0 Å². The fourth-order valence-electron chi connectivity index (χ4n) is 3.09. The van der Waals surface area contributed by atoms with E-state index >= 15 is 0 Å². The minimum Gasteiger partial charge on any atom is -0.193 e. The van der Waals surface area contributed by atoms with Crippen molar-refractivity contribution in [2.75, 3.05) is 0 Å². The summed E-state index contributed by atoms with van der Waals surface area (Å²) in [6, 6.07) is 19.5. The third-order valence-electron chi connectivity index (χ3n) is 4.86. The molecule has 0 radical (unpaired) electrons. The van der Waals surface area contributed by atoms with E-state index in [2.05, 4.69) is 98.6 Å². The van der Waals surface area contributed by atoms with E-state index in [9.17, 15) is 0 Å². The van der Waals surface area contributed by atoms with Crippen LogP contribution < -0.4 is 9.13 Å². The van der Waals surface area contributed by atoms with Gasteiger partial charge >= 0.3 is 0 Å². The number of hydrogen-bond donors (Lipinski definition) is 0. The van der Waals surface area contributed by atoms with Crippen LogP contribution in [0.1, 0.15) is 16.8 Å². The molecule has 0 spiro atoms. The fourth-order valence-corrected chi connectivity index (χ4v) is 3.09. The second-order valence-corrected chi connectivity index (χ2v) is 6.21. The number of aromatic nitrogens is 2. The second kappa shape index (κ2) is 5.96. The van der Waals surface area contributed by atoms with Gasteiger partial charge in [-0.2, -0.15) is 9.13 Å². The van der Waals surface area contributed by atoms with Crippen LogP contribution in [0, 0.1) is 20.8 Å². The summed E-state index contributed by atoms with van der Waals surface area (Å²) in [6.07, 6.45) is 0. The highest BCUT2D eigenvalue weighted by atomic mass is 15.0. The Kier molecular flexibility index (Phi) is 3.99. The summed E-state index contributed by atoms with van der Waals surface area (Å²) in [5, 5.41) is 0. The molecule has 0 saturated heterocycles. The third-order valence-corrected chi connectivity index (χ3v) is 4.86. The van der Waals surface area contributed by atoms with Gasteiger partial charge in [0.05, 0.1) is 0 Å². The highest BCUT2D eigenvalue weighted by Gasteiger charge is 2.23. The van der Waals surface area contributed by atoms with Crippen LogP contribution in [0.4, 0.5) is 0 Å². The quantitative estimate of drug-likeness (QED) is 0.639. The van der Waals surface area contributed by atoms with Gasteiger partial charge in [0.15, 0.2) is 5.69 Å². The lowest BCUT2D eigenvalue weighted by Gasteiger charge is -2.09. The molecule has 3 aromatic rings. The van der Waals surface area contributed by atoms with Crippen molar-refractivity contribution in [3.8, 4) is 22.6 Å². The molecule has 23 heavy (non-hydrogen) atoms. The molecule has 2 heteroatoms. The lowest BCUT2D eigenvalue weighted by atomic mass is 10.00. The lowest BCUT2D eigenvalue weighted by molar-refractivity contribution is -0.689. The smallest absolute Gasteiger partial charge is 0.193 e. The molecule has 0 atom stereocenters. The van der Waals surface area contributed by atoms with Crippen LogP contribution in [-0.4, -0.2) is 0 Å². The summed E-state index contributed by atoms with van der Waals surface area (Å²) < 4.78 is 4.53. The largest absolute Gasteiger partial charge is 0.277 e. The summed E-state index contributed by atoms with van der Waals surface area (Å²) in [5.41, 5.74) is 8.90. The van der Waals surface area contributed by atoms with Gasteiger partial charge in [0.2, 0.25) is 5.69 Å². The first-order valence-corrected chi connectivity index (χ1v) is 8.02. The number of pyridine rings is 2. The Morgan fingerprint density at radius 3 is 1.91 bits per heavy atom. The minimum atomic E-state index is 1.22. The van der Waals surface area contributed by atoms with Crippen LogP contribution >= 0.6 is 0 Å². The zero-order chi connectivity index (χ0) is 16.6. The number of rotatable bonds is 2. The van der Waals surface area contributed by atoms with Crippen LogP contribution in [0.2, 0.25) is 0 Å². The van der Waals surface area contributed by atoms with Crippen molar-refractivity contribution in [1.29, 1.82) is 0 Å². The fraction of sp³-hybridized carbons (Fsp3) is 0.238. The number of benzene rings is 1. The SMILES string of the molecule is Cc1cccc(-c2cccc(-c3cccc(C)[n+]3C)[n+]2C)c1C. The first kappa shape index (κ1) is 15.4. The van der Waals surface area contributed by atoms with E-state index < -0.39 is 0 Å². The Morgan fingerprint density at radius 2 is 1.17 bits per heavy atom. The van der Waals surface area contributed by atoms with Crippen molar-refractivity contribution in [3.63, 3.8) is 0 Å². The molecule has 2 nitrogen and oxygen atoms in total. The normalized spacial score (nSPS) is 10.8. The van der Waals surface area contributed by atoms with Crippen molar-refractivity contribution in [1.82, 2.24) is 0 Å². The van der Waals surface area contributed by atoms with E-state index in [-0.39, 0.29) is 0 Å². The summed E-state index contributed by atoms with van der Waals surface area (Å²) in [7, 11) is 4.27. The predicted molar refractivity (Wildman–Crippen MR) is 93.9 cm³/mol. The van der Waals surface area contributed by atoms with Gasteiger partial charge in [0.25, 0.3) is 11.4 Å². The van der Waals surface area contributed by atoms with Gasteiger partial charge < -0.3 is 0 Å². The second-order valence-electron chi connectivity index (χ2n) is 6.21. The van der Waals surface area contributed by atoms with Crippen molar-refractivity contribution < 1.29 is 9.13 Å². The van der Waals surface area contributed by atoms with E-state index in [0.29, 0.717) is 0 Å². The molecule has 1 aromatic carbocycles. The monoisotopic (exact) mass is 304 g/mol. The van der Waals surface area contributed by atoms with Gasteiger partial charge in [-0.25, -0.2) is 0 Å². The van der Waals surface area contributed by atoms with Gasteiger partial charge in [-0.1, -0.05) is 12.1 Å². The van der Waals surface area contributed by atoms with Crippen molar-refractivity contribution in [2.45, 2.75) is 20.8 Å². The molecule has 0 bridgehead atoms. The Bertz CT molecular complexity index is 809. The van der Waals surface area contributed by atoms with Gasteiger partial charge in [-0.15, -0.1) is 0 Å². The average Bonchev–Trinajstić information content (AvgIpc) is 2.54. The van der Waals surface area contributed by atoms with E-state index in [1.807, 2.05) is 0 Å². The van der Waals surface area contributed by atoms with Crippen molar-refractivity contribution in [3.05, 3.63) is 71.4 Å². The molecule has 0 fully saturated rings. The molecular weight excluding hydrogens is 280 g/mol. The van der Waals surface area contributed by atoms with Crippen LogP contribution in [0.25, 0.3) is 22.6 Å². The summed E-state index contributed by atoms with van der Waals surface area (Å²) in [6.45, 7) is 6.51. The number of aryl methyl sites for hydroxylation is 2. The minimum absolute atomic E-state index is 1.22. The van der Waals surface area contributed by atoms with Crippen molar-refractivity contribution in [2.24, 2.45) is 14.1 Å². The van der Waals surface area contributed by atoms with E-state index in [4.69, 9.17) is 0 Å². The Labute approximate surface area is 138 Å². The topological polar surface area (TPSA) is 7.76 Å². The summed E-state index contributed by atoms with van der Waals surface area (Å²) in [4.78, 5) is 0. The molecule has 3 rings (SSSR count).